The Balaban J connectivity index is 1.80. The van der Waals surface area contributed by atoms with Gasteiger partial charge in [-0.1, -0.05) is 12.1 Å². The molecule has 0 aromatic heterocycles. The zero-order valence-electron chi connectivity index (χ0n) is 14.8. The summed E-state index contributed by atoms with van der Waals surface area (Å²) >= 11 is 0. The highest BCUT2D eigenvalue weighted by atomic mass is 19.2. The highest BCUT2D eigenvalue weighted by molar-refractivity contribution is 5.95. The van der Waals surface area contributed by atoms with Crippen LogP contribution < -0.4 is 9.64 Å². The Labute approximate surface area is 158 Å². The number of hydrogen-bond donors (Lipinski definition) is 0. The van der Waals surface area contributed by atoms with Crippen LogP contribution >= 0.6 is 0 Å². The summed E-state index contributed by atoms with van der Waals surface area (Å²) in [6.07, 6.45) is 0. The molecular weight excluding hydrogens is 379 g/mol. The molecule has 2 aromatic carbocycles. The molecule has 2 aromatic rings. The molecule has 1 fully saturated rings. The van der Waals surface area contributed by atoms with Gasteiger partial charge < -0.3 is 14.5 Å². The van der Waals surface area contributed by atoms with Crippen LogP contribution in [0.2, 0.25) is 0 Å². The Morgan fingerprint density at radius 3 is 2.32 bits per heavy atom. The number of piperazine rings is 1. The Morgan fingerprint density at radius 1 is 1.07 bits per heavy atom. The summed E-state index contributed by atoms with van der Waals surface area (Å²) in [5, 5.41) is 10.8. The normalized spacial score (nSPS) is 14.1. The molecule has 1 aliphatic heterocycles. The van der Waals surface area contributed by atoms with E-state index in [0.29, 0.717) is 24.9 Å². The van der Waals surface area contributed by atoms with E-state index in [2.05, 4.69) is 0 Å². The minimum atomic E-state index is -2.04. The van der Waals surface area contributed by atoms with Gasteiger partial charge in [-0.15, -0.1) is 0 Å². The smallest absolute Gasteiger partial charge is 0.308 e. The van der Waals surface area contributed by atoms with Crippen molar-refractivity contribution in [2.75, 3.05) is 38.2 Å². The second-order valence-electron chi connectivity index (χ2n) is 6.09. The van der Waals surface area contributed by atoms with Crippen molar-refractivity contribution < 1.29 is 27.6 Å². The van der Waals surface area contributed by atoms with Crippen molar-refractivity contribution in [3.8, 4) is 5.75 Å². The van der Waals surface area contributed by atoms with Crippen LogP contribution in [-0.4, -0.2) is 49.0 Å². The van der Waals surface area contributed by atoms with E-state index in [9.17, 15) is 28.1 Å². The van der Waals surface area contributed by atoms with Gasteiger partial charge in [0, 0.05) is 32.2 Å². The van der Waals surface area contributed by atoms with Gasteiger partial charge in [-0.25, -0.2) is 8.78 Å². The van der Waals surface area contributed by atoms with Gasteiger partial charge >= 0.3 is 5.69 Å². The number of para-hydroxylation sites is 2. The van der Waals surface area contributed by atoms with E-state index < -0.39 is 39.5 Å². The minimum absolute atomic E-state index is 0.170. The number of carbonyl (C=O) groups excluding carboxylic acids is 1. The molecule has 0 aliphatic carbocycles. The molecule has 0 atom stereocenters. The zero-order valence-corrected chi connectivity index (χ0v) is 14.8. The van der Waals surface area contributed by atoms with Gasteiger partial charge in [0.25, 0.3) is 5.91 Å². The molecule has 148 valence electrons. The summed E-state index contributed by atoms with van der Waals surface area (Å²) in [6, 6.07) is 7.74. The second kappa shape index (κ2) is 7.75. The van der Waals surface area contributed by atoms with Gasteiger partial charge in [-0.05, 0) is 12.1 Å². The van der Waals surface area contributed by atoms with Crippen LogP contribution in [0.4, 0.5) is 24.5 Å². The van der Waals surface area contributed by atoms with Crippen LogP contribution in [0, 0.1) is 27.6 Å². The molecule has 0 N–H and O–H groups in total. The first-order valence-corrected chi connectivity index (χ1v) is 8.34. The van der Waals surface area contributed by atoms with Crippen LogP contribution in [0.1, 0.15) is 10.4 Å². The maximum atomic E-state index is 14.0. The fourth-order valence-electron chi connectivity index (χ4n) is 3.09. The van der Waals surface area contributed by atoms with E-state index in [0.717, 1.165) is 5.69 Å². The molecule has 0 radical (unpaired) electrons. The van der Waals surface area contributed by atoms with E-state index in [1.54, 1.807) is 6.07 Å². The zero-order chi connectivity index (χ0) is 20.4. The summed E-state index contributed by atoms with van der Waals surface area (Å²) in [4.78, 5) is 25.4. The van der Waals surface area contributed by atoms with Gasteiger partial charge in [0.15, 0.2) is 5.82 Å². The lowest BCUT2D eigenvalue weighted by molar-refractivity contribution is -0.387. The molecule has 0 unspecified atom stereocenters. The number of nitro benzene ring substituents is 1. The number of benzene rings is 2. The van der Waals surface area contributed by atoms with Crippen molar-refractivity contribution in [2.45, 2.75) is 0 Å². The molecule has 7 nitrogen and oxygen atoms in total. The van der Waals surface area contributed by atoms with Crippen LogP contribution in [0.3, 0.4) is 0 Å². The van der Waals surface area contributed by atoms with E-state index in [-0.39, 0.29) is 13.1 Å². The predicted octanol–water partition coefficient (Wildman–Crippen LogP) is 2.98. The number of rotatable bonds is 4. The third-order valence-electron chi connectivity index (χ3n) is 4.55. The van der Waals surface area contributed by atoms with Gasteiger partial charge in [-0.2, -0.15) is 4.39 Å². The largest absolute Gasteiger partial charge is 0.495 e. The number of anilines is 1. The highest BCUT2D eigenvalue weighted by Crippen LogP contribution is 2.30. The number of methoxy groups -OCH3 is 1. The van der Waals surface area contributed by atoms with E-state index in [1.165, 1.54) is 12.0 Å². The monoisotopic (exact) mass is 395 g/mol. The fourth-order valence-corrected chi connectivity index (χ4v) is 3.09. The van der Waals surface area contributed by atoms with Crippen molar-refractivity contribution in [3.05, 3.63) is 63.5 Å². The maximum absolute atomic E-state index is 14.0. The maximum Gasteiger partial charge on any atom is 0.308 e. The highest BCUT2D eigenvalue weighted by Gasteiger charge is 2.32. The summed E-state index contributed by atoms with van der Waals surface area (Å²) in [7, 11) is 1.54. The topological polar surface area (TPSA) is 75.9 Å². The number of nitro groups is 1. The number of nitrogens with zero attached hydrogens (tertiary/aromatic N) is 3. The molecule has 28 heavy (non-hydrogen) atoms. The summed E-state index contributed by atoms with van der Waals surface area (Å²) in [6.45, 7) is 1.12. The lowest BCUT2D eigenvalue weighted by Crippen LogP contribution is -2.49. The van der Waals surface area contributed by atoms with Crippen LogP contribution in [-0.2, 0) is 0 Å². The number of ether oxygens (including phenoxy) is 1. The first-order chi connectivity index (χ1) is 13.3. The van der Waals surface area contributed by atoms with Crippen molar-refractivity contribution in [1.82, 2.24) is 4.90 Å². The van der Waals surface area contributed by atoms with Crippen LogP contribution in [0.5, 0.6) is 5.75 Å². The summed E-state index contributed by atoms with van der Waals surface area (Å²) in [5.74, 6) is -5.98. The Hall–Kier alpha value is -3.30. The van der Waals surface area contributed by atoms with Crippen molar-refractivity contribution in [3.63, 3.8) is 0 Å². The van der Waals surface area contributed by atoms with E-state index in [1.807, 2.05) is 23.1 Å². The van der Waals surface area contributed by atoms with Gasteiger partial charge in [0.2, 0.25) is 11.6 Å². The molecular formula is C18H16F3N3O4. The van der Waals surface area contributed by atoms with Gasteiger partial charge in [0.1, 0.15) is 5.75 Å². The second-order valence-corrected chi connectivity index (χ2v) is 6.09. The molecule has 1 saturated heterocycles. The number of carbonyl (C=O) groups is 1. The average molecular weight is 395 g/mol. The van der Waals surface area contributed by atoms with Gasteiger partial charge in [-0.3, -0.25) is 14.9 Å². The van der Waals surface area contributed by atoms with Crippen molar-refractivity contribution in [1.29, 1.82) is 0 Å². The lowest BCUT2D eigenvalue weighted by atomic mass is 10.1. The quantitative estimate of drug-likeness (QED) is 0.452. The van der Waals surface area contributed by atoms with Crippen LogP contribution in [0.15, 0.2) is 30.3 Å². The Kier molecular flexibility index (Phi) is 5.39. The first-order valence-electron chi connectivity index (χ1n) is 8.34. The third-order valence-corrected chi connectivity index (χ3v) is 4.55. The fraction of sp³-hybridized carbons (Fsp3) is 0.278. The molecule has 1 amide bonds. The van der Waals surface area contributed by atoms with Crippen LogP contribution in [0.25, 0.3) is 0 Å². The predicted molar refractivity (Wildman–Crippen MR) is 94.1 cm³/mol. The van der Waals surface area contributed by atoms with Gasteiger partial charge in [0.05, 0.1) is 23.3 Å². The van der Waals surface area contributed by atoms with E-state index >= 15 is 0 Å². The Morgan fingerprint density at radius 2 is 1.71 bits per heavy atom. The molecule has 1 aliphatic rings. The molecule has 0 bridgehead atoms. The van der Waals surface area contributed by atoms with Crippen molar-refractivity contribution >= 4 is 17.3 Å². The minimum Gasteiger partial charge on any atom is -0.495 e. The van der Waals surface area contributed by atoms with Crippen molar-refractivity contribution in [2.24, 2.45) is 0 Å². The third kappa shape index (κ3) is 3.45. The first kappa shape index (κ1) is 19.5. The van der Waals surface area contributed by atoms with E-state index in [4.69, 9.17) is 4.74 Å². The molecule has 0 saturated carbocycles. The number of amides is 1. The number of halogens is 3. The lowest BCUT2D eigenvalue weighted by Gasteiger charge is -2.36. The summed E-state index contributed by atoms with van der Waals surface area (Å²) in [5.41, 5.74) is -1.32. The molecule has 3 rings (SSSR count). The average Bonchev–Trinajstić information content (AvgIpc) is 2.71. The standard InChI is InChI=1S/C18H16F3N3O4/c1-28-14-5-3-2-4-12(14)22-6-8-23(9-7-22)18(25)11-10-13(24(26)27)16(20)17(21)15(11)19/h2-5,10H,6-9H2,1H3. The summed E-state index contributed by atoms with van der Waals surface area (Å²) < 4.78 is 46.5. The molecule has 1 heterocycles. The molecule has 10 heteroatoms. The molecule has 0 spiro atoms. The number of hydrogen-bond acceptors (Lipinski definition) is 5. The SMILES string of the molecule is COc1ccccc1N1CCN(C(=O)c2cc([N+](=O)[O-])c(F)c(F)c2F)CC1. The Bertz CT molecular complexity index is 931.